The summed E-state index contributed by atoms with van der Waals surface area (Å²) in [6.07, 6.45) is 34.2. The SMILES string of the molecule is O=C1COC2CCC(CC2)CC(C(=O)NC(CCC2CCCCC2)C(=O)O)NC(=O)C(CCC2CCCCC2)NC(=O)C(CC2CCC(C3CCCCC3)CC2)NC(=O)C(C#CC2CCC(c3ccncc3)CC2)N1. The average molecular weight is 1040 g/mol. The number of hydrogen-bond donors (Lipinski definition) is 6. The lowest BCUT2D eigenvalue weighted by molar-refractivity contribution is -0.142. The van der Waals surface area contributed by atoms with E-state index in [2.05, 4.69) is 55.5 Å². The van der Waals surface area contributed by atoms with Crippen molar-refractivity contribution in [2.45, 2.75) is 254 Å². The normalized spacial score (nSPS) is 32.1. The van der Waals surface area contributed by atoms with Crippen molar-refractivity contribution in [2.24, 2.45) is 41.4 Å². The molecule has 414 valence electrons. The Hall–Kier alpha value is -4.51. The molecule has 2 aliphatic heterocycles. The molecular formula is C61H92N6O8. The maximum absolute atomic E-state index is 15.1. The number of carbonyl (C=O) groups is 6. The highest BCUT2D eigenvalue weighted by atomic mass is 16.5. The molecular weight excluding hydrogens is 945 g/mol. The Balaban J connectivity index is 1.04. The molecule has 0 spiro atoms. The second-order valence-corrected chi connectivity index (χ2v) is 24.5. The Morgan fingerprint density at radius 1 is 0.613 bits per heavy atom. The largest absolute Gasteiger partial charge is 0.480 e. The third-order valence-electron chi connectivity index (χ3n) is 19.2. The predicted octanol–water partition coefficient (Wildman–Crippen LogP) is 9.34. The van der Waals surface area contributed by atoms with Crippen LogP contribution >= 0.6 is 0 Å². The van der Waals surface area contributed by atoms with Crippen molar-refractivity contribution in [1.29, 1.82) is 0 Å². The van der Waals surface area contributed by atoms with Gasteiger partial charge in [0.25, 0.3) is 5.91 Å². The molecule has 9 rings (SSSR count). The quantitative estimate of drug-likeness (QED) is 0.0822. The van der Waals surface area contributed by atoms with Gasteiger partial charge in [0, 0.05) is 18.3 Å². The number of aliphatic carboxylic acids is 1. The van der Waals surface area contributed by atoms with Gasteiger partial charge in [-0.3, -0.25) is 29.0 Å². The summed E-state index contributed by atoms with van der Waals surface area (Å²) in [7, 11) is 0. The molecule has 1 aromatic heterocycles. The molecule has 2 bridgehead atoms. The van der Waals surface area contributed by atoms with Crippen LogP contribution < -0.4 is 26.6 Å². The number of carboxylic acids is 1. The van der Waals surface area contributed by atoms with Crippen LogP contribution in [0.1, 0.15) is 223 Å². The van der Waals surface area contributed by atoms with Gasteiger partial charge in [0.1, 0.15) is 30.8 Å². The fourth-order valence-electron chi connectivity index (χ4n) is 14.5. The molecule has 2 saturated heterocycles. The summed E-state index contributed by atoms with van der Waals surface area (Å²) >= 11 is 0. The number of hydrogen-bond acceptors (Lipinski definition) is 8. The first-order chi connectivity index (χ1) is 36.5. The maximum atomic E-state index is 15.1. The number of aromatic nitrogens is 1. The molecule has 8 aliphatic rings. The van der Waals surface area contributed by atoms with Crippen molar-refractivity contribution in [3.05, 3.63) is 30.1 Å². The molecule has 6 N–H and O–H groups in total. The molecule has 14 nitrogen and oxygen atoms in total. The van der Waals surface area contributed by atoms with Crippen LogP contribution in [0.5, 0.6) is 0 Å². The van der Waals surface area contributed by atoms with Gasteiger partial charge in [-0.2, -0.15) is 0 Å². The average Bonchev–Trinajstić information content (AvgIpc) is 3.44. The molecule has 5 atom stereocenters. The second kappa shape index (κ2) is 29.3. The minimum atomic E-state index is -1.23. The number of rotatable bonds is 13. The molecule has 0 aromatic carbocycles. The van der Waals surface area contributed by atoms with Crippen LogP contribution in [0.3, 0.4) is 0 Å². The molecule has 5 amide bonds. The number of ether oxygens (including phenoxy) is 1. The second-order valence-electron chi connectivity index (χ2n) is 24.5. The predicted molar refractivity (Wildman–Crippen MR) is 289 cm³/mol. The zero-order valence-corrected chi connectivity index (χ0v) is 45.2. The first-order valence-electron chi connectivity index (χ1n) is 30.3. The van der Waals surface area contributed by atoms with Gasteiger partial charge >= 0.3 is 5.97 Å². The molecule has 5 unspecified atom stereocenters. The van der Waals surface area contributed by atoms with E-state index in [1.807, 2.05) is 12.4 Å². The van der Waals surface area contributed by atoms with E-state index < -0.39 is 65.7 Å². The summed E-state index contributed by atoms with van der Waals surface area (Å²) in [5.74, 6) is 5.88. The van der Waals surface area contributed by atoms with Crippen LogP contribution in [0.4, 0.5) is 0 Å². The summed E-state index contributed by atoms with van der Waals surface area (Å²) < 4.78 is 6.19. The Morgan fingerprint density at radius 3 is 1.87 bits per heavy atom. The minimum Gasteiger partial charge on any atom is -0.480 e. The summed E-state index contributed by atoms with van der Waals surface area (Å²) in [6, 6.07) is -1.21. The molecule has 0 radical (unpaired) electrons. The van der Waals surface area contributed by atoms with E-state index in [-0.39, 0.29) is 30.5 Å². The number of nitrogens with zero attached hydrogens (tertiary/aromatic N) is 1. The Morgan fingerprint density at radius 2 is 1.21 bits per heavy atom. The van der Waals surface area contributed by atoms with Crippen molar-refractivity contribution in [1.82, 2.24) is 31.6 Å². The molecule has 14 heteroatoms. The molecule has 8 fully saturated rings. The molecule has 6 aliphatic carbocycles. The van der Waals surface area contributed by atoms with E-state index in [0.29, 0.717) is 81.5 Å². The van der Waals surface area contributed by atoms with Crippen molar-refractivity contribution in [2.75, 3.05) is 6.61 Å². The molecule has 3 heterocycles. The van der Waals surface area contributed by atoms with E-state index in [0.717, 1.165) is 115 Å². The Kier molecular flexibility index (Phi) is 22.1. The summed E-state index contributed by atoms with van der Waals surface area (Å²) in [4.78, 5) is 89.8. The Bertz CT molecular complexity index is 2050. The minimum absolute atomic E-state index is 0.0245. The van der Waals surface area contributed by atoms with E-state index >= 15 is 4.79 Å². The third-order valence-corrected chi connectivity index (χ3v) is 19.2. The lowest BCUT2D eigenvalue weighted by Crippen LogP contribution is -2.59. The fraction of sp³-hybridized carbons (Fsp3) is 0.787. The summed E-state index contributed by atoms with van der Waals surface area (Å²) in [5.41, 5.74) is 1.27. The lowest BCUT2D eigenvalue weighted by Gasteiger charge is -2.37. The van der Waals surface area contributed by atoms with Crippen LogP contribution in [0, 0.1) is 53.3 Å². The lowest BCUT2D eigenvalue weighted by atomic mass is 9.70. The first kappa shape index (κ1) is 56.7. The number of fused-ring (bicyclic) bond motifs is 16. The zero-order chi connectivity index (χ0) is 52.4. The van der Waals surface area contributed by atoms with Crippen molar-refractivity contribution in [3.63, 3.8) is 0 Å². The third kappa shape index (κ3) is 17.8. The number of pyridine rings is 1. The van der Waals surface area contributed by atoms with Gasteiger partial charge < -0.3 is 36.4 Å². The van der Waals surface area contributed by atoms with Crippen LogP contribution in [-0.4, -0.2) is 88.5 Å². The van der Waals surface area contributed by atoms with Crippen LogP contribution in [-0.2, 0) is 33.5 Å². The smallest absolute Gasteiger partial charge is 0.326 e. The van der Waals surface area contributed by atoms with Crippen LogP contribution in [0.2, 0.25) is 0 Å². The van der Waals surface area contributed by atoms with E-state index in [1.54, 1.807) is 0 Å². The molecule has 75 heavy (non-hydrogen) atoms. The van der Waals surface area contributed by atoms with Gasteiger partial charge in [0.15, 0.2) is 6.04 Å². The highest BCUT2D eigenvalue weighted by Crippen LogP contribution is 2.41. The highest BCUT2D eigenvalue weighted by Gasteiger charge is 2.38. The maximum Gasteiger partial charge on any atom is 0.326 e. The van der Waals surface area contributed by atoms with Crippen LogP contribution in [0.15, 0.2) is 24.5 Å². The topological polar surface area (TPSA) is 205 Å². The Labute approximate surface area is 448 Å². The van der Waals surface area contributed by atoms with Crippen molar-refractivity contribution < 1.29 is 38.6 Å². The number of amides is 5. The van der Waals surface area contributed by atoms with Gasteiger partial charge in [-0.1, -0.05) is 121 Å². The van der Waals surface area contributed by atoms with Crippen molar-refractivity contribution in [3.8, 4) is 11.8 Å². The van der Waals surface area contributed by atoms with Gasteiger partial charge in [0.2, 0.25) is 23.6 Å². The van der Waals surface area contributed by atoms with Gasteiger partial charge in [-0.05, 0) is 162 Å². The van der Waals surface area contributed by atoms with E-state index in [4.69, 9.17) is 4.74 Å². The van der Waals surface area contributed by atoms with Crippen LogP contribution in [0.25, 0.3) is 0 Å². The standard InChI is InChI=1S/C61H92N6O8/c68-56-40-75-50-29-20-45(21-30-50)39-55(60(72)65-53(61(73)74)33-24-42-12-6-2-7-13-42)67-58(70)52(32-22-41-10-4-1-5-11-41)64-59(71)54(38-44-18-27-47(28-19-44)46-14-8-3-9-15-46)66-57(69)51(63-56)31-23-43-16-25-48(26-17-43)49-34-36-62-37-35-49/h34-37,41-48,50-55H,1-22,24-30,32-33,38-40H2,(H,63,68)(H,64,71)(H,65,72)(H,66,69)(H,67,70)(H,73,74). The monoisotopic (exact) mass is 1040 g/mol. The number of carboxylic acid groups (broad SMARTS) is 1. The first-order valence-corrected chi connectivity index (χ1v) is 30.3. The molecule has 1 aromatic rings. The van der Waals surface area contributed by atoms with E-state index in [1.165, 1.54) is 50.5 Å². The number of nitrogens with one attached hydrogen (secondary N) is 5. The van der Waals surface area contributed by atoms with E-state index in [9.17, 15) is 29.1 Å². The van der Waals surface area contributed by atoms with Crippen molar-refractivity contribution >= 4 is 35.5 Å². The number of carbonyl (C=O) groups excluding carboxylic acids is 5. The summed E-state index contributed by atoms with van der Waals surface area (Å²) in [6.45, 7) is -0.257. The zero-order valence-electron chi connectivity index (χ0n) is 45.2. The van der Waals surface area contributed by atoms with Gasteiger partial charge in [-0.25, -0.2) is 4.79 Å². The molecule has 6 saturated carbocycles. The fourth-order valence-corrected chi connectivity index (χ4v) is 14.5. The highest BCUT2D eigenvalue weighted by molar-refractivity contribution is 5.97. The van der Waals surface area contributed by atoms with Gasteiger partial charge in [0.05, 0.1) is 6.10 Å². The van der Waals surface area contributed by atoms with Gasteiger partial charge in [-0.15, -0.1) is 0 Å². The summed E-state index contributed by atoms with van der Waals surface area (Å²) in [5, 5.41) is 25.4.